The zero-order chi connectivity index (χ0) is 12.8. The molecule has 0 spiro atoms. The van der Waals surface area contributed by atoms with Crippen LogP contribution in [0.2, 0.25) is 0 Å². The molecule has 0 aliphatic carbocycles. The number of nitrogens with one attached hydrogen (secondary N) is 1. The standard InChI is InChI=1S/C14H19N3O/c1-2-18-9-3-7-17-14-5-4-13(15)11-6-8-16-10-12(11)14/h4-6,8,10,17H,2-3,7,9,15H2,1H3. The molecule has 1 aromatic heterocycles. The van der Waals surface area contributed by atoms with Gasteiger partial charge in [-0.2, -0.15) is 0 Å². The quantitative estimate of drug-likeness (QED) is 0.606. The predicted molar refractivity (Wildman–Crippen MR) is 75.8 cm³/mol. The lowest BCUT2D eigenvalue weighted by molar-refractivity contribution is 0.147. The summed E-state index contributed by atoms with van der Waals surface area (Å²) in [5.41, 5.74) is 7.80. The zero-order valence-corrected chi connectivity index (χ0v) is 10.6. The highest BCUT2D eigenvalue weighted by Crippen LogP contribution is 2.27. The SMILES string of the molecule is CCOCCCNc1ccc(N)c2ccncc12. The van der Waals surface area contributed by atoms with E-state index in [0.717, 1.165) is 48.3 Å². The number of hydrogen-bond donors (Lipinski definition) is 2. The molecule has 3 N–H and O–H groups in total. The number of nitrogen functional groups attached to an aromatic ring is 1. The fourth-order valence-corrected chi connectivity index (χ4v) is 1.91. The Morgan fingerprint density at radius 3 is 3.00 bits per heavy atom. The van der Waals surface area contributed by atoms with Crippen LogP contribution in [0.15, 0.2) is 30.6 Å². The van der Waals surface area contributed by atoms with Crippen LogP contribution in [-0.2, 0) is 4.74 Å². The number of nitrogens with two attached hydrogens (primary N) is 1. The van der Waals surface area contributed by atoms with E-state index in [4.69, 9.17) is 10.5 Å². The maximum atomic E-state index is 5.94. The molecule has 2 aromatic rings. The van der Waals surface area contributed by atoms with Crippen LogP contribution in [0.25, 0.3) is 10.8 Å². The maximum Gasteiger partial charge on any atom is 0.0482 e. The number of pyridine rings is 1. The Balaban J connectivity index is 2.07. The molecular weight excluding hydrogens is 226 g/mol. The first-order chi connectivity index (χ1) is 8.83. The first kappa shape index (κ1) is 12.6. The molecule has 0 aliphatic rings. The summed E-state index contributed by atoms with van der Waals surface area (Å²) in [5, 5.41) is 5.50. The lowest BCUT2D eigenvalue weighted by Crippen LogP contribution is -2.06. The highest BCUT2D eigenvalue weighted by Gasteiger charge is 2.03. The molecule has 0 saturated carbocycles. The second-order valence-corrected chi connectivity index (χ2v) is 4.10. The van der Waals surface area contributed by atoms with E-state index < -0.39 is 0 Å². The van der Waals surface area contributed by atoms with E-state index in [0.29, 0.717) is 0 Å². The van der Waals surface area contributed by atoms with Gasteiger partial charge in [-0.05, 0) is 31.5 Å². The number of aromatic nitrogens is 1. The van der Waals surface area contributed by atoms with Crippen molar-refractivity contribution in [1.82, 2.24) is 4.98 Å². The smallest absolute Gasteiger partial charge is 0.0482 e. The summed E-state index contributed by atoms with van der Waals surface area (Å²) in [5.74, 6) is 0. The first-order valence-electron chi connectivity index (χ1n) is 6.26. The van der Waals surface area contributed by atoms with E-state index in [1.165, 1.54) is 0 Å². The van der Waals surface area contributed by atoms with Gasteiger partial charge in [0.05, 0.1) is 0 Å². The fraction of sp³-hybridized carbons (Fsp3) is 0.357. The van der Waals surface area contributed by atoms with Gasteiger partial charge in [0.25, 0.3) is 0 Å². The van der Waals surface area contributed by atoms with Crippen LogP contribution < -0.4 is 11.1 Å². The number of benzene rings is 1. The van der Waals surface area contributed by atoms with Gasteiger partial charge in [0.15, 0.2) is 0 Å². The minimum Gasteiger partial charge on any atom is -0.398 e. The van der Waals surface area contributed by atoms with E-state index in [9.17, 15) is 0 Å². The average molecular weight is 245 g/mol. The van der Waals surface area contributed by atoms with Crippen molar-refractivity contribution in [2.75, 3.05) is 30.8 Å². The fourth-order valence-electron chi connectivity index (χ4n) is 1.91. The summed E-state index contributed by atoms with van der Waals surface area (Å²) in [6.45, 7) is 4.45. The molecule has 2 rings (SSSR count). The summed E-state index contributed by atoms with van der Waals surface area (Å²) < 4.78 is 5.31. The molecule has 4 nitrogen and oxygen atoms in total. The van der Waals surface area contributed by atoms with Gasteiger partial charge < -0.3 is 15.8 Å². The minimum atomic E-state index is 0.773. The lowest BCUT2D eigenvalue weighted by atomic mass is 10.1. The van der Waals surface area contributed by atoms with Crippen molar-refractivity contribution in [2.45, 2.75) is 13.3 Å². The third-order valence-corrected chi connectivity index (χ3v) is 2.84. The second kappa shape index (κ2) is 6.21. The zero-order valence-electron chi connectivity index (χ0n) is 10.6. The molecule has 0 unspecified atom stereocenters. The van der Waals surface area contributed by atoms with Gasteiger partial charge in [-0.15, -0.1) is 0 Å². The van der Waals surface area contributed by atoms with Gasteiger partial charge in [0.1, 0.15) is 0 Å². The monoisotopic (exact) mass is 245 g/mol. The van der Waals surface area contributed by atoms with Crippen molar-refractivity contribution in [1.29, 1.82) is 0 Å². The molecule has 0 aliphatic heterocycles. The van der Waals surface area contributed by atoms with E-state index in [2.05, 4.69) is 10.3 Å². The van der Waals surface area contributed by atoms with Crippen LogP contribution in [0.1, 0.15) is 13.3 Å². The molecule has 0 atom stereocenters. The topological polar surface area (TPSA) is 60.2 Å². The number of nitrogens with zero attached hydrogens (tertiary/aromatic N) is 1. The summed E-state index contributed by atoms with van der Waals surface area (Å²) in [6.07, 6.45) is 4.59. The number of rotatable bonds is 6. The number of ether oxygens (including phenoxy) is 1. The molecule has 96 valence electrons. The third kappa shape index (κ3) is 2.90. The summed E-state index contributed by atoms with van der Waals surface area (Å²) in [6, 6.07) is 5.86. The number of anilines is 2. The van der Waals surface area contributed by atoms with Crippen LogP contribution >= 0.6 is 0 Å². The second-order valence-electron chi connectivity index (χ2n) is 4.10. The summed E-state index contributed by atoms with van der Waals surface area (Å²) in [7, 11) is 0. The molecule has 0 amide bonds. The number of hydrogen-bond acceptors (Lipinski definition) is 4. The van der Waals surface area contributed by atoms with Crippen molar-refractivity contribution >= 4 is 22.1 Å². The van der Waals surface area contributed by atoms with Crippen molar-refractivity contribution in [2.24, 2.45) is 0 Å². The van der Waals surface area contributed by atoms with Crippen molar-refractivity contribution in [3.8, 4) is 0 Å². The molecule has 4 heteroatoms. The van der Waals surface area contributed by atoms with Crippen LogP contribution in [0, 0.1) is 0 Å². The molecule has 1 heterocycles. The predicted octanol–water partition coefficient (Wildman–Crippen LogP) is 2.66. The Labute approximate surface area is 107 Å². The average Bonchev–Trinajstić information content (AvgIpc) is 2.41. The number of fused-ring (bicyclic) bond motifs is 1. The Morgan fingerprint density at radius 1 is 1.28 bits per heavy atom. The van der Waals surface area contributed by atoms with Gasteiger partial charge in [0, 0.05) is 54.3 Å². The highest BCUT2D eigenvalue weighted by molar-refractivity contribution is 6.00. The van der Waals surface area contributed by atoms with Gasteiger partial charge in [0.2, 0.25) is 0 Å². The first-order valence-corrected chi connectivity index (χ1v) is 6.26. The van der Waals surface area contributed by atoms with E-state index >= 15 is 0 Å². The molecule has 0 bridgehead atoms. The van der Waals surface area contributed by atoms with Crippen LogP contribution in [-0.4, -0.2) is 24.7 Å². The Morgan fingerprint density at radius 2 is 2.17 bits per heavy atom. The Kier molecular flexibility index (Phi) is 4.36. The molecule has 0 radical (unpaired) electrons. The van der Waals surface area contributed by atoms with E-state index in [-0.39, 0.29) is 0 Å². The Bertz CT molecular complexity index is 513. The van der Waals surface area contributed by atoms with E-state index in [1.807, 2.05) is 31.3 Å². The van der Waals surface area contributed by atoms with Crippen LogP contribution in [0.5, 0.6) is 0 Å². The van der Waals surface area contributed by atoms with Gasteiger partial charge >= 0.3 is 0 Å². The van der Waals surface area contributed by atoms with Crippen molar-refractivity contribution in [3.63, 3.8) is 0 Å². The third-order valence-electron chi connectivity index (χ3n) is 2.84. The van der Waals surface area contributed by atoms with Gasteiger partial charge in [-0.25, -0.2) is 0 Å². The highest BCUT2D eigenvalue weighted by atomic mass is 16.5. The minimum absolute atomic E-state index is 0.773. The molecule has 1 aromatic carbocycles. The summed E-state index contributed by atoms with van der Waals surface area (Å²) in [4.78, 5) is 4.15. The van der Waals surface area contributed by atoms with Crippen LogP contribution in [0.4, 0.5) is 11.4 Å². The van der Waals surface area contributed by atoms with Gasteiger partial charge in [-0.1, -0.05) is 0 Å². The molecule has 0 saturated heterocycles. The summed E-state index contributed by atoms with van der Waals surface area (Å²) >= 11 is 0. The van der Waals surface area contributed by atoms with Crippen molar-refractivity contribution < 1.29 is 4.74 Å². The molecule has 18 heavy (non-hydrogen) atoms. The van der Waals surface area contributed by atoms with Crippen LogP contribution in [0.3, 0.4) is 0 Å². The Hall–Kier alpha value is -1.81. The largest absolute Gasteiger partial charge is 0.398 e. The molecular formula is C14H19N3O. The van der Waals surface area contributed by atoms with E-state index in [1.54, 1.807) is 6.20 Å². The maximum absolute atomic E-state index is 5.94. The molecule has 0 fully saturated rings. The van der Waals surface area contributed by atoms with Crippen molar-refractivity contribution in [3.05, 3.63) is 30.6 Å². The van der Waals surface area contributed by atoms with Gasteiger partial charge in [-0.3, -0.25) is 4.98 Å². The lowest BCUT2D eigenvalue weighted by Gasteiger charge is -2.10. The normalized spacial score (nSPS) is 10.7.